The number of hydrogen-bond acceptors (Lipinski definition) is 5. The average molecular weight is 395 g/mol. The molecule has 4 rings (SSSR count). The highest BCUT2D eigenvalue weighted by Crippen LogP contribution is 2.27. The fraction of sp³-hybridized carbons (Fsp3) is 0.150. The predicted molar refractivity (Wildman–Crippen MR) is 111 cm³/mol. The normalized spacial score (nSPS) is 11.0. The summed E-state index contributed by atoms with van der Waals surface area (Å²) in [6.07, 6.45) is 3.70. The van der Waals surface area contributed by atoms with E-state index in [0.717, 1.165) is 21.9 Å². The van der Waals surface area contributed by atoms with E-state index in [2.05, 4.69) is 33.5 Å². The summed E-state index contributed by atoms with van der Waals surface area (Å²) in [5.41, 5.74) is 3.29. The van der Waals surface area contributed by atoms with Crippen LogP contribution in [-0.4, -0.2) is 26.2 Å². The molecule has 4 aromatic rings. The Morgan fingerprint density at radius 3 is 2.93 bits per heavy atom. The minimum Gasteiger partial charge on any atom is -0.322 e. The second-order valence-corrected chi connectivity index (χ2v) is 8.12. The molecule has 2 aromatic heterocycles. The molecule has 0 aliphatic rings. The van der Waals surface area contributed by atoms with Crippen LogP contribution < -0.4 is 5.32 Å². The van der Waals surface area contributed by atoms with Crippen molar-refractivity contribution in [2.75, 3.05) is 11.1 Å². The Hall–Kier alpha value is -2.64. The van der Waals surface area contributed by atoms with Crippen molar-refractivity contribution >= 4 is 44.4 Å². The molecule has 2 aromatic carbocycles. The molecule has 0 saturated heterocycles. The van der Waals surface area contributed by atoms with Gasteiger partial charge in [0.25, 0.3) is 0 Å². The first kappa shape index (κ1) is 17.8. The summed E-state index contributed by atoms with van der Waals surface area (Å²) in [7, 11) is 0. The molecule has 0 aliphatic carbocycles. The largest absolute Gasteiger partial charge is 0.322 e. The van der Waals surface area contributed by atoms with Gasteiger partial charge in [0.15, 0.2) is 10.3 Å². The molecule has 0 aliphatic heterocycles. The smallest absolute Gasteiger partial charge is 0.236 e. The van der Waals surface area contributed by atoms with Crippen molar-refractivity contribution in [2.24, 2.45) is 0 Å². The number of imidazole rings is 1. The predicted octanol–water partition coefficient (Wildman–Crippen LogP) is 4.58. The lowest BCUT2D eigenvalue weighted by molar-refractivity contribution is -0.113. The van der Waals surface area contributed by atoms with Gasteiger partial charge in [-0.05, 0) is 30.2 Å². The van der Waals surface area contributed by atoms with Crippen LogP contribution in [-0.2, 0) is 11.3 Å². The first-order chi connectivity index (χ1) is 13.2. The number of rotatable bonds is 6. The maximum Gasteiger partial charge on any atom is 0.236 e. The molecule has 0 fully saturated rings. The van der Waals surface area contributed by atoms with E-state index in [-0.39, 0.29) is 5.91 Å². The molecule has 0 unspecified atom stereocenters. The van der Waals surface area contributed by atoms with Gasteiger partial charge in [-0.25, -0.2) is 9.97 Å². The van der Waals surface area contributed by atoms with Crippen LogP contribution in [0.1, 0.15) is 11.1 Å². The number of amides is 1. The van der Waals surface area contributed by atoms with E-state index >= 15 is 0 Å². The highest BCUT2D eigenvalue weighted by molar-refractivity contribution is 7.99. The molecule has 1 N–H and O–H groups in total. The van der Waals surface area contributed by atoms with E-state index < -0.39 is 0 Å². The molecule has 0 radical (unpaired) electrons. The van der Waals surface area contributed by atoms with Gasteiger partial charge in [0.1, 0.15) is 0 Å². The summed E-state index contributed by atoms with van der Waals surface area (Å²) in [6, 6.07) is 16.3. The van der Waals surface area contributed by atoms with E-state index in [0.29, 0.717) is 10.9 Å². The highest BCUT2D eigenvalue weighted by atomic mass is 32.2. The SMILES string of the molecule is Cc1ccc2nc(NC(=O)CSc3nccn3Cc3ccccc3)sc2c1. The third kappa shape index (κ3) is 4.37. The molecule has 0 atom stereocenters. The topological polar surface area (TPSA) is 59.8 Å². The first-order valence-corrected chi connectivity index (χ1v) is 10.3. The Kier molecular flexibility index (Phi) is 5.22. The lowest BCUT2D eigenvalue weighted by Gasteiger charge is -2.07. The van der Waals surface area contributed by atoms with Gasteiger partial charge in [0.05, 0.1) is 16.0 Å². The van der Waals surface area contributed by atoms with Gasteiger partial charge in [-0.15, -0.1) is 0 Å². The highest BCUT2D eigenvalue weighted by Gasteiger charge is 2.11. The number of aromatic nitrogens is 3. The maximum atomic E-state index is 12.3. The molecule has 2 heterocycles. The number of hydrogen-bond donors (Lipinski definition) is 1. The fourth-order valence-electron chi connectivity index (χ4n) is 2.71. The molecule has 0 saturated carbocycles. The van der Waals surface area contributed by atoms with Crippen LogP contribution in [0.5, 0.6) is 0 Å². The number of aryl methyl sites for hydroxylation is 1. The molecule has 5 nitrogen and oxygen atoms in total. The van der Waals surface area contributed by atoms with E-state index in [4.69, 9.17) is 0 Å². The summed E-state index contributed by atoms with van der Waals surface area (Å²) in [6.45, 7) is 2.79. The van der Waals surface area contributed by atoms with Crippen molar-refractivity contribution in [3.05, 3.63) is 72.1 Å². The maximum absolute atomic E-state index is 12.3. The molecule has 0 bridgehead atoms. The lowest BCUT2D eigenvalue weighted by atomic mass is 10.2. The fourth-order valence-corrected chi connectivity index (χ4v) is 4.45. The zero-order chi connectivity index (χ0) is 18.6. The quantitative estimate of drug-likeness (QED) is 0.486. The van der Waals surface area contributed by atoms with Gasteiger partial charge >= 0.3 is 0 Å². The number of nitrogens with one attached hydrogen (secondary N) is 1. The van der Waals surface area contributed by atoms with E-state index in [1.165, 1.54) is 34.2 Å². The molecule has 0 spiro atoms. The zero-order valence-electron chi connectivity index (χ0n) is 14.8. The van der Waals surface area contributed by atoms with E-state index in [1.807, 2.05) is 48.0 Å². The van der Waals surface area contributed by atoms with Crippen LogP contribution in [0.15, 0.2) is 66.1 Å². The lowest BCUT2D eigenvalue weighted by Crippen LogP contribution is -2.14. The number of benzene rings is 2. The zero-order valence-corrected chi connectivity index (χ0v) is 16.4. The number of thioether (sulfide) groups is 1. The minimum absolute atomic E-state index is 0.0787. The van der Waals surface area contributed by atoms with Crippen LogP contribution in [0.25, 0.3) is 10.2 Å². The first-order valence-electron chi connectivity index (χ1n) is 8.52. The second kappa shape index (κ2) is 7.94. The van der Waals surface area contributed by atoms with Crippen LogP contribution in [0.3, 0.4) is 0 Å². The van der Waals surface area contributed by atoms with Gasteiger partial charge in [-0.1, -0.05) is 59.5 Å². The summed E-state index contributed by atoms with van der Waals surface area (Å²) in [4.78, 5) is 21.2. The number of thiazole rings is 1. The van der Waals surface area contributed by atoms with Crippen LogP contribution >= 0.6 is 23.1 Å². The van der Waals surface area contributed by atoms with E-state index in [9.17, 15) is 4.79 Å². The molecule has 136 valence electrons. The number of carbonyl (C=O) groups excluding carboxylic acids is 1. The second-order valence-electron chi connectivity index (χ2n) is 6.15. The van der Waals surface area contributed by atoms with Crippen molar-refractivity contribution < 1.29 is 4.79 Å². The summed E-state index contributed by atoms with van der Waals surface area (Å²) in [5.74, 6) is 0.214. The standard InChI is InChI=1S/C20H18N4OS2/c1-14-7-8-16-17(11-14)27-19(22-16)23-18(25)13-26-20-21-9-10-24(20)12-15-5-3-2-4-6-15/h2-11H,12-13H2,1H3,(H,22,23,25). The summed E-state index contributed by atoms with van der Waals surface area (Å²) >= 11 is 2.92. The average Bonchev–Trinajstić information content (AvgIpc) is 3.26. The summed E-state index contributed by atoms with van der Waals surface area (Å²) < 4.78 is 3.13. The monoisotopic (exact) mass is 394 g/mol. The molecule has 27 heavy (non-hydrogen) atoms. The van der Waals surface area contributed by atoms with E-state index in [1.54, 1.807) is 6.20 Å². The number of nitrogens with zero attached hydrogens (tertiary/aromatic N) is 3. The molecular weight excluding hydrogens is 376 g/mol. The Morgan fingerprint density at radius 2 is 2.07 bits per heavy atom. The molecule has 7 heteroatoms. The molecule has 1 amide bonds. The van der Waals surface area contributed by atoms with Crippen molar-refractivity contribution in [1.29, 1.82) is 0 Å². The van der Waals surface area contributed by atoms with Crippen LogP contribution in [0.4, 0.5) is 5.13 Å². The third-order valence-electron chi connectivity index (χ3n) is 4.00. The van der Waals surface area contributed by atoms with Crippen molar-refractivity contribution in [1.82, 2.24) is 14.5 Å². The van der Waals surface area contributed by atoms with Crippen molar-refractivity contribution in [3.8, 4) is 0 Å². The Morgan fingerprint density at radius 1 is 1.22 bits per heavy atom. The van der Waals surface area contributed by atoms with Crippen molar-refractivity contribution in [3.63, 3.8) is 0 Å². The van der Waals surface area contributed by atoms with Crippen LogP contribution in [0, 0.1) is 6.92 Å². The Labute approximate surface area is 165 Å². The Balaban J connectivity index is 1.37. The molecular formula is C20H18N4OS2. The minimum atomic E-state index is -0.0787. The van der Waals surface area contributed by atoms with Crippen molar-refractivity contribution in [2.45, 2.75) is 18.6 Å². The van der Waals surface area contributed by atoms with Crippen LogP contribution in [0.2, 0.25) is 0 Å². The van der Waals surface area contributed by atoms with Gasteiger partial charge in [0.2, 0.25) is 5.91 Å². The number of fused-ring (bicyclic) bond motifs is 1. The number of anilines is 1. The van der Waals surface area contributed by atoms with Gasteiger partial charge < -0.3 is 9.88 Å². The van der Waals surface area contributed by atoms with Gasteiger partial charge in [-0.2, -0.15) is 0 Å². The van der Waals surface area contributed by atoms with Gasteiger partial charge in [0, 0.05) is 18.9 Å². The third-order valence-corrected chi connectivity index (χ3v) is 5.93. The number of carbonyl (C=O) groups is 1. The summed E-state index contributed by atoms with van der Waals surface area (Å²) in [5, 5.41) is 4.35. The Bertz CT molecular complexity index is 1070. The van der Waals surface area contributed by atoms with Gasteiger partial charge in [-0.3, -0.25) is 4.79 Å².